The van der Waals surface area contributed by atoms with E-state index >= 15 is 0 Å². The first-order valence-electron chi connectivity index (χ1n) is 6.60. The summed E-state index contributed by atoms with van der Waals surface area (Å²) in [5.74, 6) is 0. The summed E-state index contributed by atoms with van der Waals surface area (Å²) >= 11 is 1.99. The van der Waals surface area contributed by atoms with Gasteiger partial charge in [0.25, 0.3) is 0 Å². The molecule has 0 radical (unpaired) electrons. The maximum absolute atomic E-state index is 4.18. The molecule has 0 saturated carbocycles. The molecule has 0 aromatic carbocycles. The molecular formula is C14H19N3S. The van der Waals surface area contributed by atoms with Crippen LogP contribution in [0.4, 0.5) is 0 Å². The monoisotopic (exact) mass is 261 g/mol. The first-order chi connectivity index (χ1) is 8.81. The van der Waals surface area contributed by atoms with Crippen LogP contribution in [0.2, 0.25) is 0 Å². The Kier molecular flexibility index (Phi) is 3.48. The third kappa shape index (κ3) is 2.65. The van der Waals surface area contributed by atoms with E-state index in [9.17, 15) is 0 Å². The molecule has 0 fully saturated rings. The van der Waals surface area contributed by atoms with E-state index in [4.69, 9.17) is 0 Å². The lowest BCUT2D eigenvalue weighted by Crippen LogP contribution is -2.15. The molecule has 96 valence electrons. The number of nitrogens with zero attached hydrogens (tertiary/aromatic N) is 2. The van der Waals surface area contributed by atoms with Crippen molar-refractivity contribution in [2.24, 2.45) is 7.05 Å². The third-order valence-corrected chi connectivity index (χ3v) is 4.68. The lowest BCUT2D eigenvalue weighted by atomic mass is 10.2. The zero-order valence-electron chi connectivity index (χ0n) is 10.8. The van der Waals surface area contributed by atoms with Crippen LogP contribution in [-0.4, -0.2) is 16.3 Å². The molecule has 0 bridgehead atoms. The fraction of sp³-hybridized carbons (Fsp3) is 0.500. The van der Waals surface area contributed by atoms with Crippen molar-refractivity contribution in [2.45, 2.75) is 32.2 Å². The Morgan fingerprint density at radius 2 is 2.39 bits per heavy atom. The topological polar surface area (TPSA) is 29.9 Å². The van der Waals surface area contributed by atoms with E-state index in [0.717, 1.165) is 19.5 Å². The number of fused-ring (bicyclic) bond motifs is 1. The van der Waals surface area contributed by atoms with Crippen LogP contribution in [0.5, 0.6) is 0 Å². The first kappa shape index (κ1) is 11.9. The van der Waals surface area contributed by atoms with Gasteiger partial charge in [0, 0.05) is 29.5 Å². The highest BCUT2D eigenvalue weighted by Crippen LogP contribution is 2.30. The molecule has 0 spiro atoms. The largest absolute Gasteiger partial charge is 0.312 e. The molecule has 0 aliphatic heterocycles. The smallest absolute Gasteiger partial charge is 0.0522 e. The molecular weight excluding hydrogens is 242 g/mol. The molecule has 0 saturated heterocycles. The van der Waals surface area contributed by atoms with Crippen molar-refractivity contribution < 1.29 is 0 Å². The number of aromatic nitrogens is 2. The van der Waals surface area contributed by atoms with Gasteiger partial charge in [-0.05, 0) is 49.4 Å². The minimum absolute atomic E-state index is 1.01. The van der Waals surface area contributed by atoms with Crippen LogP contribution >= 0.6 is 11.3 Å². The second kappa shape index (κ2) is 5.24. The second-order valence-corrected chi connectivity index (χ2v) is 6.19. The summed E-state index contributed by atoms with van der Waals surface area (Å²) in [6.45, 7) is 2.03. The second-order valence-electron chi connectivity index (χ2n) is 4.96. The number of hydrogen-bond donors (Lipinski definition) is 1. The number of thiophene rings is 1. The van der Waals surface area contributed by atoms with Crippen LogP contribution < -0.4 is 5.32 Å². The van der Waals surface area contributed by atoms with E-state index in [1.54, 1.807) is 10.4 Å². The van der Waals surface area contributed by atoms with Gasteiger partial charge in [-0.3, -0.25) is 4.68 Å². The van der Waals surface area contributed by atoms with Crippen molar-refractivity contribution >= 4 is 11.3 Å². The molecule has 4 heteroatoms. The van der Waals surface area contributed by atoms with Crippen LogP contribution in [0.25, 0.3) is 0 Å². The number of rotatable bonds is 5. The average molecular weight is 261 g/mol. The van der Waals surface area contributed by atoms with Crippen LogP contribution in [0.1, 0.15) is 27.3 Å². The quantitative estimate of drug-likeness (QED) is 0.837. The molecule has 18 heavy (non-hydrogen) atoms. The van der Waals surface area contributed by atoms with Gasteiger partial charge in [0.1, 0.15) is 0 Å². The van der Waals surface area contributed by atoms with E-state index in [1.165, 1.54) is 29.7 Å². The maximum Gasteiger partial charge on any atom is 0.0522 e. The predicted molar refractivity (Wildman–Crippen MR) is 75.0 cm³/mol. The molecule has 1 aliphatic rings. The number of nitrogens with one attached hydrogen (secondary N) is 1. The van der Waals surface area contributed by atoms with Crippen LogP contribution in [0.3, 0.4) is 0 Å². The zero-order chi connectivity index (χ0) is 12.4. The minimum Gasteiger partial charge on any atom is -0.312 e. The summed E-state index contributed by atoms with van der Waals surface area (Å²) in [4.78, 5) is 3.12. The van der Waals surface area contributed by atoms with Gasteiger partial charge in [-0.25, -0.2) is 0 Å². The van der Waals surface area contributed by atoms with Crippen molar-refractivity contribution in [1.82, 2.24) is 15.1 Å². The molecule has 1 N–H and O–H groups in total. The van der Waals surface area contributed by atoms with Gasteiger partial charge in [0.05, 0.1) is 6.20 Å². The van der Waals surface area contributed by atoms with E-state index in [-0.39, 0.29) is 0 Å². The summed E-state index contributed by atoms with van der Waals surface area (Å²) in [5, 5.41) is 7.70. The number of hydrogen-bond acceptors (Lipinski definition) is 3. The molecule has 1 aliphatic carbocycles. The van der Waals surface area contributed by atoms with Crippen molar-refractivity contribution in [3.8, 4) is 0 Å². The van der Waals surface area contributed by atoms with Crippen LogP contribution in [0.15, 0.2) is 18.5 Å². The summed E-state index contributed by atoms with van der Waals surface area (Å²) in [7, 11) is 1.96. The normalized spacial score (nSPS) is 14.1. The molecule has 3 nitrogen and oxygen atoms in total. The average Bonchev–Trinajstić information content (AvgIpc) is 3.00. The zero-order valence-corrected chi connectivity index (χ0v) is 11.6. The molecule has 0 amide bonds. The van der Waals surface area contributed by atoms with Crippen molar-refractivity contribution in [2.75, 3.05) is 6.54 Å². The SMILES string of the molecule is Cn1cc(CCNCc2cc3c(s2)CCC3)cn1. The highest BCUT2D eigenvalue weighted by molar-refractivity contribution is 7.12. The van der Waals surface area contributed by atoms with Gasteiger partial charge in [-0.15, -0.1) is 11.3 Å². The minimum atomic E-state index is 1.01. The van der Waals surface area contributed by atoms with Crippen LogP contribution in [-0.2, 0) is 32.9 Å². The summed E-state index contributed by atoms with van der Waals surface area (Å²) in [6, 6.07) is 2.39. The van der Waals surface area contributed by atoms with Gasteiger partial charge >= 0.3 is 0 Å². The van der Waals surface area contributed by atoms with E-state index < -0.39 is 0 Å². The maximum atomic E-state index is 4.18. The van der Waals surface area contributed by atoms with Crippen molar-refractivity contribution in [1.29, 1.82) is 0 Å². The van der Waals surface area contributed by atoms with Gasteiger partial charge in [0.15, 0.2) is 0 Å². The Labute approximate surface area is 112 Å². The Balaban J connectivity index is 1.44. The fourth-order valence-electron chi connectivity index (χ4n) is 2.52. The summed E-state index contributed by atoms with van der Waals surface area (Å²) in [5.41, 5.74) is 2.91. The van der Waals surface area contributed by atoms with Gasteiger partial charge in [0.2, 0.25) is 0 Å². The van der Waals surface area contributed by atoms with Crippen molar-refractivity contribution in [3.05, 3.63) is 39.3 Å². The van der Waals surface area contributed by atoms with E-state index in [2.05, 4.69) is 22.7 Å². The molecule has 0 atom stereocenters. The standard InChI is InChI=1S/C14H19N3S/c1-17-10-11(8-16-17)5-6-15-9-13-7-12-3-2-4-14(12)18-13/h7-8,10,15H,2-6,9H2,1H3. The Bertz CT molecular complexity index is 505. The van der Waals surface area contributed by atoms with E-state index in [1.807, 2.05) is 29.3 Å². The first-order valence-corrected chi connectivity index (χ1v) is 7.41. The Morgan fingerprint density at radius 1 is 1.44 bits per heavy atom. The van der Waals surface area contributed by atoms with Gasteiger partial charge in [-0.1, -0.05) is 0 Å². The molecule has 2 aromatic rings. The van der Waals surface area contributed by atoms with Crippen LogP contribution in [0, 0.1) is 0 Å². The highest BCUT2D eigenvalue weighted by Gasteiger charge is 2.14. The lowest BCUT2D eigenvalue weighted by Gasteiger charge is -2.01. The van der Waals surface area contributed by atoms with Gasteiger partial charge in [-0.2, -0.15) is 5.10 Å². The number of aryl methyl sites for hydroxylation is 3. The Hall–Kier alpha value is -1.13. The molecule has 0 unspecified atom stereocenters. The summed E-state index contributed by atoms with van der Waals surface area (Å²) in [6.07, 6.45) is 9.04. The highest BCUT2D eigenvalue weighted by atomic mass is 32.1. The molecule has 2 aromatic heterocycles. The van der Waals surface area contributed by atoms with E-state index in [0.29, 0.717) is 0 Å². The predicted octanol–water partition coefficient (Wildman–Crippen LogP) is 2.30. The van der Waals surface area contributed by atoms with Crippen molar-refractivity contribution in [3.63, 3.8) is 0 Å². The van der Waals surface area contributed by atoms with Gasteiger partial charge < -0.3 is 5.32 Å². The fourth-order valence-corrected chi connectivity index (χ4v) is 3.75. The molecule has 2 heterocycles. The third-order valence-electron chi connectivity index (χ3n) is 3.45. The molecule has 3 rings (SSSR count). The summed E-state index contributed by atoms with van der Waals surface area (Å²) < 4.78 is 1.86. The lowest BCUT2D eigenvalue weighted by molar-refractivity contribution is 0.692. The Morgan fingerprint density at radius 3 is 3.17 bits per heavy atom.